The number of aliphatic hydroxyl groups excluding tert-OH is 1. The Kier molecular flexibility index (Phi) is 9.66. The van der Waals surface area contributed by atoms with E-state index in [0.29, 0.717) is 6.61 Å². The fourth-order valence-corrected chi connectivity index (χ4v) is 1.26. The average Bonchev–Trinajstić information content (AvgIpc) is 2.29. The van der Waals surface area contributed by atoms with Crippen LogP contribution in [0, 0.1) is 0 Å². The van der Waals surface area contributed by atoms with E-state index in [1.54, 1.807) is 0 Å². The van der Waals surface area contributed by atoms with E-state index in [0.717, 1.165) is 19.3 Å². The van der Waals surface area contributed by atoms with Crippen molar-refractivity contribution in [3.63, 3.8) is 0 Å². The first-order chi connectivity index (χ1) is 6.93. The van der Waals surface area contributed by atoms with E-state index < -0.39 is 0 Å². The van der Waals surface area contributed by atoms with E-state index in [4.69, 9.17) is 5.11 Å². The zero-order valence-corrected chi connectivity index (χ0v) is 9.37. The molecule has 0 aromatic heterocycles. The Morgan fingerprint density at radius 3 is 2.14 bits per heavy atom. The number of rotatable bonds is 5. The summed E-state index contributed by atoms with van der Waals surface area (Å²) >= 11 is 0. The van der Waals surface area contributed by atoms with Crippen LogP contribution in [0.25, 0.3) is 0 Å². The van der Waals surface area contributed by atoms with Gasteiger partial charge in [0.25, 0.3) is 0 Å². The molecule has 0 aliphatic heterocycles. The average molecular weight is 194 g/mol. The minimum atomic E-state index is 0.328. The lowest BCUT2D eigenvalue weighted by Gasteiger charge is -1.99. The van der Waals surface area contributed by atoms with Crippen molar-refractivity contribution >= 4 is 0 Å². The third kappa shape index (κ3) is 6.67. The molecular formula is C13H22O. The van der Waals surface area contributed by atoms with E-state index in [2.05, 4.69) is 24.3 Å². The Hall–Kier alpha value is -0.820. The van der Waals surface area contributed by atoms with Gasteiger partial charge in [-0.05, 0) is 24.8 Å². The third-order valence-corrected chi connectivity index (χ3v) is 1.97. The van der Waals surface area contributed by atoms with Crippen molar-refractivity contribution in [3.05, 3.63) is 35.9 Å². The molecule has 0 amide bonds. The Labute approximate surface area is 87.8 Å². The van der Waals surface area contributed by atoms with Crippen molar-refractivity contribution in [1.29, 1.82) is 0 Å². The quantitative estimate of drug-likeness (QED) is 0.712. The summed E-state index contributed by atoms with van der Waals surface area (Å²) in [5.74, 6) is 0. The van der Waals surface area contributed by atoms with Gasteiger partial charge in [0.05, 0.1) is 0 Å². The fraction of sp³-hybridized carbons (Fsp3) is 0.538. The summed E-state index contributed by atoms with van der Waals surface area (Å²) in [7, 11) is 0. The van der Waals surface area contributed by atoms with Crippen molar-refractivity contribution in [3.8, 4) is 0 Å². The first kappa shape index (κ1) is 13.2. The Balaban J connectivity index is 0.000000791. The van der Waals surface area contributed by atoms with Crippen molar-refractivity contribution in [1.82, 2.24) is 0 Å². The van der Waals surface area contributed by atoms with Gasteiger partial charge in [0.2, 0.25) is 0 Å². The fourth-order valence-electron chi connectivity index (χ4n) is 1.26. The van der Waals surface area contributed by atoms with Gasteiger partial charge in [-0.3, -0.25) is 0 Å². The number of aliphatic hydroxyl groups is 1. The zero-order chi connectivity index (χ0) is 10.6. The van der Waals surface area contributed by atoms with Crippen LogP contribution in [-0.2, 0) is 6.42 Å². The summed E-state index contributed by atoms with van der Waals surface area (Å²) in [6.45, 7) is 4.33. The maximum Gasteiger partial charge on any atom is 0.0431 e. The van der Waals surface area contributed by atoms with Crippen LogP contribution in [0.15, 0.2) is 30.3 Å². The molecule has 14 heavy (non-hydrogen) atoms. The molecule has 1 rings (SSSR count). The molecule has 0 radical (unpaired) electrons. The lowest BCUT2D eigenvalue weighted by Crippen LogP contribution is -1.87. The number of hydrogen-bond acceptors (Lipinski definition) is 1. The molecule has 0 saturated carbocycles. The standard InChI is InChI=1S/C11H16O.C2H6/c12-10-6-2-5-9-11-7-3-1-4-8-11;1-2/h1,3-4,7-8,12H,2,5-6,9-10H2;1-2H3. The smallest absolute Gasteiger partial charge is 0.0431 e. The normalized spacial score (nSPS) is 9.07. The number of hydrogen-bond donors (Lipinski definition) is 1. The first-order valence-corrected chi connectivity index (χ1v) is 5.58. The molecule has 0 saturated heterocycles. The monoisotopic (exact) mass is 194 g/mol. The van der Waals surface area contributed by atoms with Crippen LogP contribution in [0.3, 0.4) is 0 Å². The number of benzene rings is 1. The number of unbranched alkanes of at least 4 members (excludes halogenated alkanes) is 2. The predicted molar refractivity (Wildman–Crippen MR) is 62.4 cm³/mol. The highest BCUT2D eigenvalue weighted by Gasteiger charge is 1.90. The van der Waals surface area contributed by atoms with E-state index >= 15 is 0 Å². The van der Waals surface area contributed by atoms with Crippen molar-refractivity contribution in [2.45, 2.75) is 39.5 Å². The summed E-state index contributed by atoms with van der Waals surface area (Å²) in [5, 5.41) is 8.56. The molecule has 1 aromatic rings. The van der Waals surface area contributed by atoms with Crippen LogP contribution in [0.5, 0.6) is 0 Å². The maximum absolute atomic E-state index is 8.56. The van der Waals surface area contributed by atoms with Crippen LogP contribution < -0.4 is 0 Å². The molecule has 0 aliphatic carbocycles. The van der Waals surface area contributed by atoms with Crippen LogP contribution in [-0.4, -0.2) is 11.7 Å². The molecule has 0 spiro atoms. The first-order valence-electron chi connectivity index (χ1n) is 5.58. The van der Waals surface area contributed by atoms with Gasteiger partial charge in [-0.25, -0.2) is 0 Å². The molecule has 0 atom stereocenters. The summed E-state index contributed by atoms with van der Waals surface area (Å²) < 4.78 is 0. The highest BCUT2D eigenvalue weighted by atomic mass is 16.2. The maximum atomic E-state index is 8.56. The molecule has 1 heteroatoms. The summed E-state index contributed by atoms with van der Waals surface area (Å²) in [5.41, 5.74) is 1.40. The van der Waals surface area contributed by atoms with E-state index in [1.165, 1.54) is 12.0 Å². The highest BCUT2D eigenvalue weighted by molar-refractivity contribution is 5.14. The minimum Gasteiger partial charge on any atom is -0.396 e. The lowest BCUT2D eigenvalue weighted by atomic mass is 10.1. The van der Waals surface area contributed by atoms with Gasteiger partial charge >= 0.3 is 0 Å². The van der Waals surface area contributed by atoms with Gasteiger partial charge < -0.3 is 5.11 Å². The molecule has 1 N–H and O–H groups in total. The molecule has 0 aliphatic rings. The van der Waals surface area contributed by atoms with E-state index in [1.807, 2.05) is 19.9 Å². The summed E-state index contributed by atoms with van der Waals surface area (Å²) in [4.78, 5) is 0. The Morgan fingerprint density at radius 2 is 1.57 bits per heavy atom. The van der Waals surface area contributed by atoms with Crippen LogP contribution >= 0.6 is 0 Å². The molecule has 1 aromatic carbocycles. The predicted octanol–water partition coefficient (Wildman–Crippen LogP) is 3.42. The molecule has 0 bridgehead atoms. The summed E-state index contributed by atoms with van der Waals surface area (Å²) in [6.07, 6.45) is 4.39. The van der Waals surface area contributed by atoms with Gasteiger partial charge in [0, 0.05) is 6.61 Å². The van der Waals surface area contributed by atoms with Gasteiger partial charge in [-0.2, -0.15) is 0 Å². The second kappa shape index (κ2) is 10.3. The minimum absolute atomic E-state index is 0.328. The van der Waals surface area contributed by atoms with Crippen molar-refractivity contribution in [2.24, 2.45) is 0 Å². The molecule has 80 valence electrons. The third-order valence-electron chi connectivity index (χ3n) is 1.97. The van der Waals surface area contributed by atoms with Gasteiger partial charge in [0.15, 0.2) is 0 Å². The van der Waals surface area contributed by atoms with Gasteiger partial charge in [-0.15, -0.1) is 0 Å². The van der Waals surface area contributed by atoms with Gasteiger partial charge in [-0.1, -0.05) is 50.6 Å². The second-order valence-corrected chi connectivity index (χ2v) is 3.02. The Bertz CT molecular complexity index is 194. The summed E-state index contributed by atoms with van der Waals surface area (Å²) in [6, 6.07) is 10.5. The highest BCUT2D eigenvalue weighted by Crippen LogP contribution is 2.05. The molecule has 0 unspecified atom stereocenters. The molecular weight excluding hydrogens is 172 g/mol. The molecule has 0 heterocycles. The van der Waals surface area contributed by atoms with E-state index in [-0.39, 0.29) is 0 Å². The Morgan fingerprint density at radius 1 is 0.929 bits per heavy atom. The SMILES string of the molecule is CC.OCCCCCc1ccccc1. The largest absolute Gasteiger partial charge is 0.396 e. The van der Waals surface area contributed by atoms with E-state index in [9.17, 15) is 0 Å². The topological polar surface area (TPSA) is 20.2 Å². The lowest BCUT2D eigenvalue weighted by molar-refractivity contribution is 0.283. The van der Waals surface area contributed by atoms with Crippen molar-refractivity contribution < 1.29 is 5.11 Å². The molecule has 0 fully saturated rings. The van der Waals surface area contributed by atoms with Crippen molar-refractivity contribution in [2.75, 3.05) is 6.61 Å². The van der Waals surface area contributed by atoms with Crippen LogP contribution in [0.2, 0.25) is 0 Å². The van der Waals surface area contributed by atoms with Crippen LogP contribution in [0.1, 0.15) is 38.7 Å². The molecule has 1 nitrogen and oxygen atoms in total. The second-order valence-electron chi connectivity index (χ2n) is 3.02. The number of aryl methyl sites for hydroxylation is 1. The van der Waals surface area contributed by atoms with Crippen LogP contribution in [0.4, 0.5) is 0 Å². The van der Waals surface area contributed by atoms with Gasteiger partial charge in [0.1, 0.15) is 0 Å². The zero-order valence-electron chi connectivity index (χ0n) is 9.37.